The molecule has 0 spiro atoms. The van der Waals surface area contributed by atoms with Crippen LogP contribution < -0.4 is 15.7 Å². The Morgan fingerprint density at radius 3 is 2.32 bits per heavy atom. The second kappa shape index (κ2) is 8.14. The Labute approximate surface area is 145 Å². The second-order valence-corrected chi connectivity index (χ2v) is 5.87. The summed E-state index contributed by atoms with van der Waals surface area (Å²) in [5.41, 5.74) is 0.805. The third-order valence-electron chi connectivity index (χ3n) is 3.64. The van der Waals surface area contributed by atoms with Gasteiger partial charge in [-0.15, -0.1) is 0 Å². The molecule has 7 heteroatoms. The fraction of sp³-hybridized carbons (Fsp3) is 0.278. The first-order valence-electron chi connectivity index (χ1n) is 7.81. The van der Waals surface area contributed by atoms with Crippen molar-refractivity contribution in [1.82, 2.24) is 10.6 Å². The van der Waals surface area contributed by atoms with Crippen molar-refractivity contribution in [2.24, 2.45) is 5.92 Å². The molecule has 0 unspecified atom stereocenters. The number of amides is 2. The summed E-state index contributed by atoms with van der Waals surface area (Å²) in [6.07, 6.45) is 1.38. The van der Waals surface area contributed by atoms with E-state index in [0.717, 1.165) is 5.56 Å². The third kappa shape index (κ3) is 4.94. The zero-order valence-electron chi connectivity index (χ0n) is 13.9. The molecular formula is C18H19N2O5-. The summed E-state index contributed by atoms with van der Waals surface area (Å²) in [6.45, 7) is 3.86. The third-order valence-corrected chi connectivity index (χ3v) is 3.64. The van der Waals surface area contributed by atoms with E-state index in [1.165, 1.54) is 24.5 Å². The molecule has 1 aromatic heterocycles. The lowest BCUT2D eigenvalue weighted by Crippen LogP contribution is -2.49. The summed E-state index contributed by atoms with van der Waals surface area (Å²) in [6, 6.07) is 8.40. The smallest absolute Gasteiger partial charge is 0.287 e. The van der Waals surface area contributed by atoms with Gasteiger partial charge in [0.2, 0.25) is 5.91 Å². The lowest BCUT2D eigenvalue weighted by Gasteiger charge is -2.21. The van der Waals surface area contributed by atoms with Crippen LogP contribution in [0.2, 0.25) is 0 Å². The molecule has 2 aromatic rings. The molecule has 0 saturated carbocycles. The highest BCUT2D eigenvalue weighted by atomic mass is 16.4. The summed E-state index contributed by atoms with van der Waals surface area (Å²) in [5, 5.41) is 16.1. The maximum atomic E-state index is 12.4. The Balaban J connectivity index is 1.95. The van der Waals surface area contributed by atoms with Crippen LogP contribution in [0, 0.1) is 5.92 Å². The summed E-state index contributed by atoms with van der Waals surface area (Å²) < 4.78 is 5.02. The van der Waals surface area contributed by atoms with Crippen LogP contribution in [-0.2, 0) is 11.3 Å². The molecule has 0 bridgehead atoms. The van der Waals surface area contributed by atoms with Gasteiger partial charge in [0.1, 0.15) is 6.04 Å². The highest BCUT2D eigenvalue weighted by Gasteiger charge is 2.25. The predicted octanol–water partition coefficient (Wildman–Crippen LogP) is 0.714. The van der Waals surface area contributed by atoms with Crippen molar-refractivity contribution >= 4 is 17.8 Å². The molecule has 0 saturated heterocycles. The minimum absolute atomic E-state index is 0.0702. The van der Waals surface area contributed by atoms with Crippen LogP contribution in [0.15, 0.2) is 47.1 Å². The van der Waals surface area contributed by atoms with Gasteiger partial charge in [0.15, 0.2) is 5.76 Å². The van der Waals surface area contributed by atoms with E-state index in [1.54, 1.807) is 18.2 Å². The SMILES string of the molecule is CC(C)[C@@H](NC(=O)c1ccco1)C(=O)NCc1ccc(C(=O)[O-])cc1. The topological polar surface area (TPSA) is 111 Å². The van der Waals surface area contributed by atoms with Crippen molar-refractivity contribution < 1.29 is 23.9 Å². The first-order chi connectivity index (χ1) is 11.9. The number of rotatable bonds is 7. The quantitative estimate of drug-likeness (QED) is 0.769. The maximum Gasteiger partial charge on any atom is 0.287 e. The molecule has 2 amide bonds. The van der Waals surface area contributed by atoms with E-state index < -0.39 is 17.9 Å². The van der Waals surface area contributed by atoms with Crippen LogP contribution in [0.25, 0.3) is 0 Å². The largest absolute Gasteiger partial charge is 0.545 e. The average Bonchev–Trinajstić information content (AvgIpc) is 3.12. The minimum atomic E-state index is -1.25. The standard InChI is InChI=1S/C18H20N2O5/c1-11(2)15(20-16(21)14-4-3-9-25-14)17(22)19-10-12-5-7-13(8-6-12)18(23)24/h3-9,11,15H,10H2,1-2H3,(H,19,22)(H,20,21)(H,23,24)/p-1/t15-/m1/s1. The highest BCUT2D eigenvalue weighted by Crippen LogP contribution is 2.07. The van der Waals surface area contributed by atoms with Gasteiger partial charge in [-0.2, -0.15) is 0 Å². The Hall–Kier alpha value is -3.09. The molecule has 132 valence electrons. The first-order valence-corrected chi connectivity index (χ1v) is 7.81. The van der Waals surface area contributed by atoms with Crippen molar-refractivity contribution in [3.05, 3.63) is 59.5 Å². The zero-order valence-corrected chi connectivity index (χ0v) is 13.9. The van der Waals surface area contributed by atoms with E-state index >= 15 is 0 Å². The molecule has 0 aliphatic rings. The van der Waals surface area contributed by atoms with Gasteiger partial charge >= 0.3 is 0 Å². The van der Waals surface area contributed by atoms with Gasteiger partial charge < -0.3 is 25.0 Å². The van der Waals surface area contributed by atoms with E-state index in [-0.39, 0.29) is 29.7 Å². The maximum absolute atomic E-state index is 12.4. The Bertz CT molecular complexity index is 735. The summed E-state index contributed by atoms with van der Waals surface area (Å²) in [7, 11) is 0. The molecule has 0 aliphatic heterocycles. The molecule has 7 nitrogen and oxygen atoms in total. The molecule has 1 aromatic carbocycles. The van der Waals surface area contributed by atoms with Crippen molar-refractivity contribution in [2.75, 3.05) is 0 Å². The van der Waals surface area contributed by atoms with Gasteiger partial charge in [-0.25, -0.2) is 0 Å². The molecule has 0 aliphatic carbocycles. The Morgan fingerprint density at radius 1 is 1.12 bits per heavy atom. The van der Waals surface area contributed by atoms with E-state index in [9.17, 15) is 19.5 Å². The molecule has 0 fully saturated rings. The summed E-state index contributed by atoms with van der Waals surface area (Å²) in [4.78, 5) is 35.1. The summed E-state index contributed by atoms with van der Waals surface area (Å²) >= 11 is 0. The first kappa shape index (κ1) is 18.3. The van der Waals surface area contributed by atoms with Gasteiger partial charge in [0.25, 0.3) is 5.91 Å². The van der Waals surface area contributed by atoms with Crippen molar-refractivity contribution in [2.45, 2.75) is 26.4 Å². The fourth-order valence-corrected chi connectivity index (χ4v) is 2.21. The van der Waals surface area contributed by atoms with Crippen LogP contribution in [0.4, 0.5) is 0 Å². The molecule has 25 heavy (non-hydrogen) atoms. The van der Waals surface area contributed by atoms with Crippen LogP contribution in [0.1, 0.15) is 40.3 Å². The van der Waals surface area contributed by atoms with Gasteiger partial charge in [-0.1, -0.05) is 38.1 Å². The lowest BCUT2D eigenvalue weighted by molar-refractivity contribution is -0.255. The number of benzene rings is 1. The normalized spacial score (nSPS) is 11.8. The van der Waals surface area contributed by atoms with Crippen LogP contribution >= 0.6 is 0 Å². The number of hydrogen-bond donors (Lipinski definition) is 2. The molecule has 0 radical (unpaired) electrons. The number of nitrogens with one attached hydrogen (secondary N) is 2. The molecule has 1 atom stereocenters. The van der Waals surface area contributed by atoms with Crippen molar-refractivity contribution in [3.63, 3.8) is 0 Å². The summed E-state index contributed by atoms with van der Waals surface area (Å²) in [5.74, 6) is -2.04. The number of carbonyl (C=O) groups excluding carboxylic acids is 3. The molecule has 2 rings (SSSR count). The minimum Gasteiger partial charge on any atom is -0.545 e. The monoisotopic (exact) mass is 343 g/mol. The van der Waals surface area contributed by atoms with Gasteiger partial charge in [0.05, 0.1) is 12.2 Å². The number of hydrogen-bond acceptors (Lipinski definition) is 5. The van der Waals surface area contributed by atoms with E-state index in [2.05, 4.69) is 10.6 Å². The Kier molecular flexibility index (Phi) is 5.94. The van der Waals surface area contributed by atoms with Crippen LogP contribution in [0.5, 0.6) is 0 Å². The number of carboxylic acid groups (broad SMARTS) is 1. The second-order valence-electron chi connectivity index (χ2n) is 5.87. The van der Waals surface area contributed by atoms with Gasteiger partial charge in [-0.05, 0) is 29.2 Å². The number of aromatic carboxylic acids is 1. The predicted molar refractivity (Wildman–Crippen MR) is 87.4 cm³/mol. The van der Waals surface area contributed by atoms with E-state index in [4.69, 9.17) is 4.42 Å². The molecule has 2 N–H and O–H groups in total. The molecule has 1 heterocycles. The van der Waals surface area contributed by atoms with E-state index in [1.807, 2.05) is 13.8 Å². The Morgan fingerprint density at radius 2 is 1.80 bits per heavy atom. The average molecular weight is 343 g/mol. The fourth-order valence-electron chi connectivity index (χ4n) is 2.21. The number of carbonyl (C=O) groups is 3. The zero-order chi connectivity index (χ0) is 18.4. The van der Waals surface area contributed by atoms with Gasteiger partial charge in [-0.3, -0.25) is 9.59 Å². The van der Waals surface area contributed by atoms with Crippen LogP contribution in [0.3, 0.4) is 0 Å². The molecular weight excluding hydrogens is 324 g/mol. The van der Waals surface area contributed by atoms with E-state index in [0.29, 0.717) is 0 Å². The van der Waals surface area contributed by atoms with Crippen molar-refractivity contribution in [1.29, 1.82) is 0 Å². The number of furan rings is 1. The lowest BCUT2D eigenvalue weighted by atomic mass is 10.0. The highest BCUT2D eigenvalue weighted by molar-refractivity contribution is 5.95. The van der Waals surface area contributed by atoms with Crippen LogP contribution in [-0.4, -0.2) is 23.8 Å². The number of carboxylic acids is 1. The van der Waals surface area contributed by atoms with Gasteiger partial charge in [0, 0.05) is 6.54 Å². The van der Waals surface area contributed by atoms with Crippen molar-refractivity contribution in [3.8, 4) is 0 Å².